The van der Waals surface area contributed by atoms with Crippen molar-refractivity contribution >= 4 is 34.1 Å². The highest BCUT2D eigenvalue weighted by Crippen LogP contribution is 2.35. The maximum absolute atomic E-state index is 12.7. The van der Waals surface area contributed by atoms with Crippen molar-refractivity contribution in [1.29, 1.82) is 0 Å². The Labute approximate surface area is 217 Å². The van der Waals surface area contributed by atoms with Gasteiger partial charge in [0.2, 0.25) is 5.91 Å². The summed E-state index contributed by atoms with van der Waals surface area (Å²) in [4.78, 5) is 30.5. The van der Waals surface area contributed by atoms with Crippen LogP contribution in [0.2, 0.25) is 0 Å². The number of ether oxygens (including phenoxy) is 2. The summed E-state index contributed by atoms with van der Waals surface area (Å²) in [6.45, 7) is 3.58. The molecule has 2 saturated heterocycles. The van der Waals surface area contributed by atoms with Gasteiger partial charge in [0.05, 0.1) is 18.8 Å². The number of fused-ring (bicyclic) bond motifs is 1. The van der Waals surface area contributed by atoms with Crippen LogP contribution in [0.3, 0.4) is 0 Å². The highest BCUT2D eigenvalue weighted by molar-refractivity contribution is 5.92. The third-order valence-corrected chi connectivity index (χ3v) is 7.87. The molecule has 1 aromatic carbocycles. The molecule has 0 bridgehead atoms. The minimum absolute atomic E-state index is 0.0681. The average Bonchev–Trinajstić information content (AvgIpc) is 3.44. The molecule has 2 aliphatic heterocycles. The van der Waals surface area contributed by atoms with Crippen LogP contribution in [0.1, 0.15) is 44.9 Å². The van der Waals surface area contributed by atoms with E-state index in [9.17, 15) is 4.79 Å². The van der Waals surface area contributed by atoms with Crippen molar-refractivity contribution < 1.29 is 14.3 Å². The summed E-state index contributed by atoms with van der Waals surface area (Å²) in [5.41, 5.74) is 1.65. The molecule has 1 N–H and O–H groups in total. The molecule has 3 fully saturated rings. The van der Waals surface area contributed by atoms with E-state index in [0.717, 1.165) is 80.1 Å². The molecule has 37 heavy (non-hydrogen) atoms. The second kappa shape index (κ2) is 10.4. The first-order chi connectivity index (χ1) is 18.2. The molecule has 3 aliphatic rings. The molecule has 1 aliphatic carbocycles. The number of anilines is 3. The van der Waals surface area contributed by atoms with Crippen LogP contribution in [-0.2, 0) is 4.79 Å². The zero-order valence-corrected chi connectivity index (χ0v) is 21.4. The van der Waals surface area contributed by atoms with Gasteiger partial charge in [-0.25, -0.2) is 15.0 Å². The lowest BCUT2D eigenvalue weighted by molar-refractivity contribution is -0.137. The van der Waals surface area contributed by atoms with Crippen LogP contribution in [0, 0.1) is 5.92 Å². The first kappa shape index (κ1) is 23.8. The number of rotatable bonds is 7. The molecule has 0 radical (unpaired) electrons. The van der Waals surface area contributed by atoms with E-state index in [2.05, 4.69) is 31.2 Å². The largest absolute Gasteiger partial charge is 0.493 e. The Morgan fingerprint density at radius 2 is 1.76 bits per heavy atom. The van der Waals surface area contributed by atoms with Crippen molar-refractivity contribution in [3.8, 4) is 11.5 Å². The van der Waals surface area contributed by atoms with Gasteiger partial charge in [0, 0.05) is 62.1 Å². The number of carbonyl (C=O) groups is 1. The Bertz CT molecular complexity index is 1270. The number of benzene rings is 1. The van der Waals surface area contributed by atoms with Crippen LogP contribution in [0.15, 0.2) is 36.8 Å². The van der Waals surface area contributed by atoms with Crippen LogP contribution in [0.25, 0.3) is 10.9 Å². The SMILES string of the molecule is COc1cc(Nc2ncnc3cnc(N4CCC4)cc23)ccc1OC1CCN(C(=O)C2CCCC2)CC1. The number of hydrogen-bond donors (Lipinski definition) is 1. The standard InChI is InChI=1S/C28H34N6O3/c1-36-25-15-20(32-27-22-16-26(33-11-4-12-33)29-17-23(22)30-18-31-27)7-8-24(25)37-21-9-13-34(14-10-21)28(35)19-5-2-3-6-19/h7-8,15-19,21H,2-6,9-14H2,1H3,(H,30,31,32). The second-order valence-electron chi connectivity index (χ2n) is 10.2. The van der Waals surface area contributed by atoms with Crippen LogP contribution in [0.4, 0.5) is 17.3 Å². The second-order valence-corrected chi connectivity index (χ2v) is 10.2. The molecule has 9 nitrogen and oxygen atoms in total. The van der Waals surface area contributed by atoms with Crippen molar-refractivity contribution in [2.45, 2.75) is 51.0 Å². The number of hydrogen-bond acceptors (Lipinski definition) is 8. The molecule has 9 heteroatoms. The lowest BCUT2D eigenvalue weighted by Gasteiger charge is -2.34. The highest BCUT2D eigenvalue weighted by atomic mass is 16.5. The van der Waals surface area contributed by atoms with Gasteiger partial charge in [-0.3, -0.25) is 4.79 Å². The fourth-order valence-corrected chi connectivity index (χ4v) is 5.55. The molecule has 194 valence electrons. The number of nitrogens with zero attached hydrogens (tertiary/aromatic N) is 5. The van der Waals surface area contributed by atoms with E-state index in [0.29, 0.717) is 17.4 Å². The van der Waals surface area contributed by atoms with Gasteiger partial charge in [-0.2, -0.15) is 0 Å². The highest BCUT2D eigenvalue weighted by Gasteiger charge is 2.30. The minimum Gasteiger partial charge on any atom is -0.493 e. The van der Waals surface area contributed by atoms with Crippen molar-refractivity contribution in [3.63, 3.8) is 0 Å². The van der Waals surface area contributed by atoms with Crippen molar-refractivity contribution in [2.24, 2.45) is 5.92 Å². The van der Waals surface area contributed by atoms with Crippen LogP contribution >= 0.6 is 0 Å². The van der Waals surface area contributed by atoms with E-state index >= 15 is 0 Å². The lowest BCUT2D eigenvalue weighted by Crippen LogP contribution is -2.44. The van der Waals surface area contributed by atoms with Crippen LogP contribution in [-0.4, -0.2) is 65.2 Å². The van der Waals surface area contributed by atoms with E-state index in [4.69, 9.17) is 9.47 Å². The van der Waals surface area contributed by atoms with Crippen molar-refractivity contribution in [2.75, 3.05) is 43.5 Å². The van der Waals surface area contributed by atoms with Gasteiger partial charge < -0.3 is 24.6 Å². The molecule has 1 saturated carbocycles. The van der Waals surface area contributed by atoms with Crippen LogP contribution < -0.4 is 19.7 Å². The Hall–Kier alpha value is -3.62. The maximum atomic E-state index is 12.7. The van der Waals surface area contributed by atoms with Gasteiger partial charge in [0.1, 0.15) is 24.1 Å². The molecule has 0 spiro atoms. The first-order valence-corrected chi connectivity index (χ1v) is 13.4. The fourth-order valence-electron chi connectivity index (χ4n) is 5.55. The number of methoxy groups -OCH3 is 1. The number of carbonyl (C=O) groups excluding carboxylic acids is 1. The normalized spacial score (nSPS) is 18.6. The zero-order chi connectivity index (χ0) is 25.2. The van der Waals surface area contributed by atoms with Gasteiger partial charge in [-0.15, -0.1) is 0 Å². The molecule has 0 unspecified atom stereocenters. The van der Waals surface area contributed by atoms with Gasteiger partial charge in [0.15, 0.2) is 11.5 Å². The van der Waals surface area contributed by atoms with Gasteiger partial charge in [0.25, 0.3) is 0 Å². The Morgan fingerprint density at radius 3 is 2.49 bits per heavy atom. The van der Waals surface area contributed by atoms with E-state index < -0.39 is 0 Å². The van der Waals surface area contributed by atoms with Crippen molar-refractivity contribution in [3.05, 3.63) is 36.8 Å². The summed E-state index contributed by atoms with van der Waals surface area (Å²) < 4.78 is 12.0. The molecule has 0 atom stereocenters. The summed E-state index contributed by atoms with van der Waals surface area (Å²) in [5.74, 6) is 3.64. The fraction of sp³-hybridized carbons (Fsp3) is 0.500. The smallest absolute Gasteiger partial charge is 0.225 e. The van der Waals surface area contributed by atoms with Gasteiger partial charge in [-0.1, -0.05) is 12.8 Å². The molecule has 6 rings (SSSR count). The molecular formula is C28H34N6O3. The quantitative estimate of drug-likeness (QED) is 0.503. The summed E-state index contributed by atoms with van der Waals surface area (Å²) in [6.07, 6.45) is 10.8. The summed E-state index contributed by atoms with van der Waals surface area (Å²) in [7, 11) is 1.65. The summed E-state index contributed by atoms with van der Waals surface area (Å²) in [5, 5.41) is 4.35. The number of aromatic nitrogens is 3. The number of pyridine rings is 1. The summed E-state index contributed by atoms with van der Waals surface area (Å²) in [6, 6.07) is 7.89. The number of likely N-dealkylation sites (tertiary alicyclic amines) is 1. The monoisotopic (exact) mass is 502 g/mol. The Balaban J connectivity index is 1.12. The van der Waals surface area contributed by atoms with E-state index in [1.807, 2.05) is 23.1 Å². The van der Waals surface area contributed by atoms with E-state index in [1.165, 1.54) is 19.3 Å². The average molecular weight is 503 g/mol. The van der Waals surface area contributed by atoms with Crippen molar-refractivity contribution in [1.82, 2.24) is 19.9 Å². The third kappa shape index (κ3) is 4.99. The van der Waals surface area contributed by atoms with E-state index in [-0.39, 0.29) is 12.0 Å². The number of nitrogens with one attached hydrogen (secondary N) is 1. The van der Waals surface area contributed by atoms with Gasteiger partial charge >= 0.3 is 0 Å². The Morgan fingerprint density at radius 1 is 0.946 bits per heavy atom. The topological polar surface area (TPSA) is 92.7 Å². The van der Waals surface area contributed by atoms with Gasteiger partial charge in [-0.05, 0) is 37.5 Å². The molecule has 2 aromatic heterocycles. The molecular weight excluding hydrogens is 468 g/mol. The lowest BCUT2D eigenvalue weighted by atomic mass is 10.0. The number of amides is 1. The molecule has 1 amide bonds. The van der Waals surface area contributed by atoms with Crippen LogP contribution in [0.5, 0.6) is 11.5 Å². The minimum atomic E-state index is 0.0681. The molecule has 4 heterocycles. The zero-order valence-electron chi connectivity index (χ0n) is 21.4. The predicted octanol–water partition coefficient (Wildman–Crippen LogP) is 4.55. The maximum Gasteiger partial charge on any atom is 0.225 e. The first-order valence-electron chi connectivity index (χ1n) is 13.4. The Kier molecular flexibility index (Phi) is 6.68. The predicted molar refractivity (Wildman–Crippen MR) is 143 cm³/mol. The van der Waals surface area contributed by atoms with E-state index in [1.54, 1.807) is 19.6 Å². The molecule has 3 aromatic rings. The number of piperidine rings is 1. The summed E-state index contributed by atoms with van der Waals surface area (Å²) >= 11 is 0. The third-order valence-electron chi connectivity index (χ3n) is 7.87.